The average molecular weight is 424 g/mol. The molecular weight excluding hydrogens is 401 g/mol. The lowest BCUT2D eigenvalue weighted by molar-refractivity contribution is -0.120. The first-order valence-corrected chi connectivity index (χ1v) is 9.46. The molecule has 0 fully saturated rings. The van der Waals surface area contributed by atoms with Gasteiger partial charge in [0.25, 0.3) is 5.91 Å². The van der Waals surface area contributed by atoms with Crippen LogP contribution in [0, 0.1) is 12.7 Å². The van der Waals surface area contributed by atoms with Crippen molar-refractivity contribution < 1.29 is 13.9 Å². The molecule has 0 atom stereocenters. The number of thiazole rings is 1. The Morgan fingerprint density at radius 2 is 1.89 bits per heavy atom. The summed E-state index contributed by atoms with van der Waals surface area (Å²) in [7, 11) is 3.87. The van der Waals surface area contributed by atoms with Gasteiger partial charge in [0, 0.05) is 13.1 Å². The number of benzene rings is 2. The summed E-state index contributed by atoms with van der Waals surface area (Å²) in [5.74, 6) is 0.0829. The number of halogens is 2. The van der Waals surface area contributed by atoms with E-state index in [1.807, 2.05) is 50.2 Å². The Kier molecular flexibility index (Phi) is 7.74. The molecule has 2 aromatic carbocycles. The number of nitrogens with zero attached hydrogens (tertiary/aromatic N) is 3. The third-order valence-corrected chi connectivity index (χ3v) is 5.15. The number of likely N-dealkylation sites (N-methyl/N-ethyl adjacent to an activating group) is 1. The van der Waals surface area contributed by atoms with Crippen LogP contribution in [0.3, 0.4) is 0 Å². The standard InChI is InChI=1S/C20H22FN3O2S.ClH/c1-14-7-4-5-9-16(14)26-13-18(25)24(12-11-23(2)3)20-22-19-15(21)8-6-10-17(19)27-20;/h4-10H,11-13H2,1-3H3;1H. The normalized spacial score (nSPS) is 10.8. The number of rotatable bonds is 7. The number of fused-ring (bicyclic) bond motifs is 1. The Bertz CT molecular complexity index is 948. The zero-order chi connectivity index (χ0) is 19.4. The number of carbonyl (C=O) groups is 1. The predicted molar refractivity (Wildman–Crippen MR) is 114 cm³/mol. The molecule has 150 valence electrons. The summed E-state index contributed by atoms with van der Waals surface area (Å²) in [6.45, 7) is 2.94. The van der Waals surface area contributed by atoms with E-state index in [9.17, 15) is 9.18 Å². The molecule has 5 nitrogen and oxygen atoms in total. The number of hydrogen-bond donors (Lipinski definition) is 0. The van der Waals surface area contributed by atoms with Crippen LogP contribution in [0.1, 0.15) is 5.56 Å². The number of ether oxygens (including phenoxy) is 1. The van der Waals surface area contributed by atoms with E-state index in [1.165, 1.54) is 17.4 Å². The third-order valence-electron chi connectivity index (χ3n) is 4.11. The first-order valence-electron chi connectivity index (χ1n) is 8.64. The molecule has 3 aromatic rings. The SMILES string of the molecule is Cc1ccccc1OCC(=O)N(CCN(C)C)c1nc2c(F)cccc2s1.Cl. The number of hydrogen-bond acceptors (Lipinski definition) is 5. The van der Waals surface area contributed by atoms with Crippen molar-refractivity contribution >= 4 is 45.0 Å². The van der Waals surface area contributed by atoms with Gasteiger partial charge in [-0.15, -0.1) is 12.4 Å². The Labute approximate surface area is 174 Å². The number of aromatic nitrogens is 1. The molecule has 0 aliphatic carbocycles. The van der Waals surface area contributed by atoms with Crippen LogP contribution < -0.4 is 9.64 Å². The smallest absolute Gasteiger partial charge is 0.266 e. The zero-order valence-corrected chi connectivity index (χ0v) is 17.6. The van der Waals surface area contributed by atoms with Crippen molar-refractivity contribution in [2.75, 3.05) is 38.7 Å². The summed E-state index contributed by atoms with van der Waals surface area (Å²) >= 11 is 1.30. The first-order chi connectivity index (χ1) is 13.0. The number of para-hydroxylation sites is 2. The van der Waals surface area contributed by atoms with E-state index in [2.05, 4.69) is 4.98 Å². The van der Waals surface area contributed by atoms with Crippen molar-refractivity contribution in [2.24, 2.45) is 0 Å². The molecule has 1 heterocycles. The molecule has 0 aliphatic heterocycles. The highest BCUT2D eigenvalue weighted by Crippen LogP contribution is 2.30. The van der Waals surface area contributed by atoms with Crippen LogP contribution in [0.25, 0.3) is 10.2 Å². The minimum absolute atomic E-state index is 0. The minimum atomic E-state index is -0.383. The van der Waals surface area contributed by atoms with Gasteiger partial charge >= 0.3 is 0 Å². The van der Waals surface area contributed by atoms with Crippen LogP contribution in [0.15, 0.2) is 42.5 Å². The molecule has 0 aliphatic rings. The summed E-state index contributed by atoms with van der Waals surface area (Å²) in [6, 6.07) is 12.4. The van der Waals surface area contributed by atoms with Gasteiger partial charge in [-0.1, -0.05) is 35.6 Å². The van der Waals surface area contributed by atoms with Crippen LogP contribution in [0.2, 0.25) is 0 Å². The minimum Gasteiger partial charge on any atom is -0.483 e. The summed E-state index contributed by atoms with van der Waals surface area (Å²) < 4.78 is 20.4. The molecule has 1 amide bonds. The van der Waals surface area contributed by atoms with Crippen LogP contribution in [0.4, 0.5) is 9.52 Å². The van der Waals surface area contributed by atoms with E-state index in [4.69, 9.17) is 4.74 Å². The van der Waals surface area contributed by atoms with Crippen LogP contribution >= 0.6 is 23.7 Å². The van der Waals surface area contributed by atoms with E-state index in [0.717, 1.165) is 5.56 Å². The molecular formula is C20H23ClFN3O2S. The lowest BCUT2D eigenvalue weighted by atomic mass is 10.2. The maximum Gasteiger partial charge on any atom is 0.266 e. The monoisotopic (exact) mass is 423 g/mol. The van der Waals surface area contributed by atoms with Gasteiger partial charge in [-0.25, -0.2) is 9.37 Å². The molecule has 0 spiro atoms. The topological polar surface area (TPSA) is 45.7 Å². The van der Waals surface area contributed by atoms with Gasteiger partial charge < -0.3 is 9.64 Å². The summed E-state index contributed by atoms with van der Waals surface area (Å²) in [5, 5.41) is 0.482. The summed E-state index contributed by atoms with van der Waals surface area (Å²) in [4.78, 5) is 20.8. The maximum absolute atomic E-state index is 14.0. The quantitative estimate of drug-likeness (QED) is 0.573. The van der Waals surface area contributed by atoms with Gasteiger partial charge in [-0.05, 0) is 44.8 Å². The van der Waals surface area contributed by atoms with Gasteiger partial charge in [0.15, 0.2) is 11.7 Å². The van der Waals surface area contributed by atoms with E-state index >= 15 is 0 Å². The van der Waals surface area contributed by atoms with Gasteiger partial charge in [0.05, 0.1) is 4.70 Å². The number of carbonyl (C=O) groups excluding carboxylic acids is 1. The van der Waals surface area contributed by atoms with E-state index in [-0.39, 0.29) is 30.7 Å². The van der Waals surface area contributed by atoms with E-state index < -0.39 is 0 Å². The summed E-state index contributed by atoms with van der Waals surface area (Å²) in [6.07, 6.45) is 0. The van der Waals surface area contributed by atoms with Crippen molar-refractivity contribution in [3.05, 3.63) is 53.8 Å². The fourth-order valence-electron chi connectivity index (χ4n) is 2.58. The van der Waals surface area contributed by atoms with Gasteiger partial charge in [0.2, 0.25) is 0 Å². The fourth-order valence-corrected chi connectivity index (χ4v) is 3.60. The molecule has 3 rings (SSSR count). The van der Waals surface area contributed by atoms with Crippen molar-refractivity contribution in [2.45, 2.75) is 6.92 Å². The molecule has 1 aromatic heterocycles. The fraction of sp³-hybridized carbons (Fsp3) is 0.300. The molecule has 0 radical (unpaired) electrons. The second-order valence-corrected chi connectivity index (χ2v) is 7.49. The molecule has 28 heavy (non-hydrogen) atoms. The van der Waals surface area contributed by atoms with Crippen molar-refractivity contribution in [1.82, 2.24) is 9.88 Å². The van der Waals surface area contributed by atoms with Crippen molar-refractivity contribution in [1.29, 1.82) is 0 Å². The van der Waals surface area contributed by atoms with Crippen LogP contribution in [-0.2, 0) is 4.79 Å². The lowest BCUT2D eigenvalue weighted by Crippen LogP contribution is -2.39. The second kappa shape index (κ2) is 9.82. The lowest BCUT2D eigenvalue weighted by Gasteiger charge is -2.22. The molecule has 0 saturated carbocycles. The summed E-state index contributed by atoms with van der Waals surface area (Å²) in [5.41, 5.74) is 1.26. The van der Waals surface area contributed by atoms with Crippen LogP contribution in [0.5, 0.6) is 5.75 Å². The molecule has 0 unspecified atom stereocenters. The van der Waals surface area contributed by atoms with E-state index in [1.54, 1.807) is 17.0 Å². The predicted octanol–water partition coefficient (Wildman–Crippen LogP) is 4.14. The van der Waals surface area contributed by atoms with Gasteiger partial charge in [-0.3, -0.25) is 9.69 Å². The molecule has 0 saturated heterocycles. The molecule has 0 bridgehead atoms. The highest BCUT2D eigenvalue weighted by Gasteiger charge is 2.21. The number of aryl methyl sites for hydroxylation is 1. The van der Waals surface area contributed by atoms with Crippen molar-refractivity contribution in [3.8, 4) is 5.75 Å². The average Bonchev–Trinajstić information content (AvgIpc) is 3.06. The number of amides is 1. The Hall–Kier alpha value is -2.22. The third kappa shape index (κ3) is 5.19. The van der Waals surface area contributed by atoms with Crippen molar-refractivity contribution in [3.63, 3.8) is 0 Å². The Morgan fingerprint density at radius 1 is 1.14 bits per heavy atom. The molecule has 8 heteroatoms. The Morgan fingerprint density at radius 3 is 2.57 bits per heavy atom. The first kappa shape index (κ1) is 22.1. The van der Waals surface area contributed by atoms with Crippen LogP contribution in [-0.4, -0.2) is 49.6 Å². The highest BCUT2D eigenvalue weighted by atomic mass is 35.5. The largest absolute Gasteiger partial charge is 0.483 e. The molecule has 0 N–H and O–H groups in total. The second-order valence-electron chi connectivity index (χ2n) is 6.49. The Balaban J connectivity index is 0.00000280. The van der Waals surface area contributed by atoms with Gasteiger partial charge in [-0.2, -0.15) is 0 Å². The highest BCUT2D eigenvalue weighted by molar-refractivity contribution is 7.22. The maximum atomic E-state index is 14.0. The van der Waals surface area contributed by atoms with Gasteiger partial charge in [0.1, 0.15) is 17.1 Å². The zero-order valence-electron chi connectivity index (χ0n) is 16.0. The number of anilines is 1. The van der Waals surface area contributed by atoms with E-state index in [0.29, 0.717) is 34.2 Å².